The van der Waals surface area contributed by atoms with Gasteiger partial charge in [0, 0.05) is 12.6 Å². The smallest absolute Gasteiger partial charge is 0.242 e. The Kier molecular flexibility index (Phi) is 3.37. The van der Waals surface area contributed by atoms with E-state index in [1.165, 1.54) is 0 Å². The number of anilines is 2. The number of piperidine rings is 1. The van der Waals surface area contributed by atoms with E-state index in [4.69, 9.17) is 10.5 Å². The van der Waals surface area contributed by atoms with Gasteiger partial charge in [-0.3, -0.25) is 4.79 Å². The van der Waals surface area contributed by atoms with Crippen LogP contribution in [0.2, 0.25) is 0 Å². The number of carbonyl (C=O) groups is 1. The standard InChI is InChI=1S/C12H17N3O2/c1-17-8-4-5-10(9(13)7-8)15-11-3-2-6-14-12(11)16/h4-5,7,11,15H,2-3,6,13H2,1H3,(H,14,16). The van der Waals surface area contributed by atoms with Crippen LogP contribution in [0.1, 0.15) is 12.8 Å². The van der Waals surface area contributed by atoms with E-state index in [1.807, 2.05) is 12.1 Å². The molecule has 5 heteroatoms. The predicted molar refractivity (Wildman–Crippen MR) is 67.1 cm³/mol. The molecule has 1 fully saturated rings. The monoisotopic (exact) mass is 235 g/mol. The van der Waals surface area contributed by atoms with E-state index in [-0.39, 0.29) is 11.9 Å². The Morgan fingerprint density at radius 1 is 1.53 bits per heavy atom. The normalized spacial score (nSPS) is 19.6. The van der Waals surface area contributed by atoms with Gasteiger partial charge in [0.05, 0.1) is 18.5 Å². The zero-order valence-electron chi connectivity index (χ0n) is 9.82. The first-order valence-corrected chi connectivity index (χ1v) is 5.68. The van der Waals surface area contributed by atoms with Gasteiger partial charge in [-0.25, -0.2) is 0 Å². The molecule has 0 saturated carbocycles. The number of hydrogen-bond donors (Lipinski definition) is 3. The van der Waals surface area contributed by atoms with E-state index in [1.54, 1.807) is 13.2 Å². The molecule has 0 radical (unpaired) electrons. The molecule has 5 nitrogen and oxygen atoms in total. The number of carbonyl (C=O) groups excluding carboxylic acids is 1. The minimum absolute atomic E-state index is 0.0338. The highest BCUT2D eigenvalue weighted by Gasteiger charge is 2.22. The van der Waals surface area contributed by atoms with Crippen molar-refractivity contribution in [2.75, 3.05) is 24.7 Å². The zero-order valence-corrected chi connectivity index (χ0v) is 9.82. The summed E-state index contributed by atoms with van der Waals surface area (Å²) in [5.41, 5.74) is 7.24. The fraction of sp³-hybridized carbons (Fsp3) is 0.417. The minimum Gasteiger partial charge on any atom is -0.497 e. The number of benzene rings is 1. The van der Waals surface area contributed by atoms with Gasteiger partial charge in [-0.1, -0.05) is 0 Å². The first-order chi connectivity index (χ1) is 8.20. The van der Waals surface area contributed by atoms with Gasteiger partial charge in [-0.2, -0.15) is 0 Å². The van der Waals surface area contributed by atoms with Crippen molar-refractivity contribution in [1.29, 1.82) is 0 Å². The highest BCUT2D eigenvalue weighted by Crippen LogP contribution is 2.25. The van der Waals surface area contributed by atoms with Crippen LogP contribution in [0, 0.1) is 0 Å². The highest BCUT2D eigenvalue weighted by molar-refractivity contribution is 5.86. The number of ether oxygens (including phenoxy) is 1. The van der Waals surface area contributed by atoms with Crippen molar-refractivity contribution in [2.45, 2.75) is 18.9 Å². The van der Waals surface area contributed by atoms with Crippen LogP contribution in [0.25, 0.3) is 0 Å². The maximum Gasteiger partial charge on any atom is 0.242 e. The highest BCUT2D eigenvalue weighted by atomic mass is 16.5. The number of methoxy groups -OCH3 is 1. The van der Waals surface area contributed by atoms with Gasteiger partial charge in [-0.05, 0) is 25.0 Å². The third kappa shape index (κ3) is 2.61. The number of rotatable bonds is 3. The predicted octanol–water partition coefficient (Wildman–Crippen LogP) is 0.968. The van der Waals surface area contributed by atoms with Crippen LogP contribution in [-0.4, -0.2) is 25.6 Å². The average Bonchev–Trinajstić information content (AvgIpc) is 2.34. The van der Waals surface area contributed by atoms with Crippen molar-refractivity contribution in [1.82, 2.24) is 5.32 Å². The van der Waals surface area contributed by atoms with E-state index in [0.29, 0.717) is 11.4 Å². The Labute approximate surface area is 100 Å². The Bertz CT molecular complexity index is 420. The molecule has 1 aromatic carbocycles. The van der Waals surface area contributed by atoms with Crippen molar-refractivity contribution in [3.05, 3.63) is 18.2 Å². The van der Waals surface area contributed by atoms with Gasteiger partial charge in [-0.15, -0.1) is 0 Å². The Hall–Kier alpha value is -1.91. The van der Waals surface area contributed by atoms with Crippen molar-refractivity contribution >= 4 is 17.3 Å². The molecule has 2 rings (SSSR count). The van der Waals surface area contributed by atoms with Crippen LogP contribution >= 0.6 is 0 Å². The molecular formula is C12H17N3O2. The number of nitrogen functional groups attached to an aromatic ring is 1. The molecule has 0 aromatic heterocycles. The van der Waals surface area contributed by atoms with Crippen LogP contribution in [0.3, 0.4) is 0 Å². The van der Waals surface area contributed by atoms with Crippen LogP contribution in [-0.2, 0) is 4.79 Å². The van der Waals surface area contributed by atoms with Gasteiger partial charge in [0.1, 0.15) is 11.8 Å². The number of nitrogens with two attached hydrogens (primary N) is 1. The van der Waals surface area contributed by atoms with Gasteiger partial charge in [0.15, 0.2) is 0 Å². The van der Waals surface area contributed by atoms with Gasteiger partial charge < -0.3 is 21.1 Å². The molecule has 1 heterocycles. The third-order valence-electron chi connectivity index (χ3n) is 2.87. The molecule has 92 valence electrons. The average molecular weight is 235 g/mol. The number of amides is 1. The molecule has 1 saturated heterocycles. The Morgan fingerprint density at radius 2 is 2.35 bits per heavy atom. The maximum atomic E-state index is 11.6. The molecule has 1 aliphatic rings. The topological polar surface area (TPSA) is 76.4 Å². The molecule has 1 aromatic rings. The summed E-state index contributed by atoms with van der Waals surface area (Å²) in [6.07, 6.45) is 1.82. The van der Waals surface area contributed by atoms with E-state index in [0.717, 1.165) is 25.1 Å². The van der Waals surface area contributed by atoms with E-state index in [2.05, 4.69) is 10.6 Å². The van der Waals surface area contributed by atoms with Crippen LogP contribution in [0.4, 0.5) is 11.4 Å². The molecule has 0 aliphatic carbocycles. The second-order valence-electron chi connectivity index (χ2n) is 4.08. The summed E-state index contributed by atoms with van der Waals surface area (Å²) in [4.78, 5) is 11.6. The Morgan fingerprint density at radius 3 is 3.00 bits per heavy atom. The first-order valence-electron chi connectivity index (χ1n) is 5.68. The summed E-state index contributed by atoms with van der Waals surface area (Å²) < 4.78 is 5.07. The molecule has 17 heavy (non-hydrogen) atoms. The van der Waals surface area contributed by atoms with E-state index < -0.39 is 0 Å². The second kappa shape index (κ2) is 4.95. The molecule has 1 aliphatic heterocycles. The lowest BCUT2D eigenvalue weighted by Gasteiger charge is -2.24. The van der Waals surface area contributed by atoms with E-state index >= 15 is 0 Å². The fourth-order valence-electron chi connectivity index (χ4n) is 1.90. The van der Waals surface area contributed by atoms with Crippen molar-refractivity contribution in [3.63, 3.8) is 0 Å². The summed E-state index contributed by atoms with van der Waals surface area (Å²) >= 11 is 0. The molecule has 0 bridgehead atoms. The van der Waals surface area contributed by atoms with E-state index in [9.17, 15) is 4.79 Å². The van der Waals surface area contributed by atoms with Crippen LogP contribution in [0.15, 0.2) is 18.2 Å². The summed E-state index contributed by atoms with van der Waals surface area (Å²) in [5, 5.41) is 5.99. The lowest BCUT2D eigenvalue weighted by Crippen LogP contribution is -2.44. The molecular weight excluding hydrogens is 218 g/mol. The summed E-state index contributed by atoms with van der Waals surface area (Å²) in [6, 6.07) is 5.19. The summed E-state index contributed by atoms with van der Waals surface area (Å²) in [7, 11) is 1.59. The lowest BCUT2D eigenvalue weighted by molar-refractivity contribution is -0.123. The molecule has 1 atom stereocenters. The SMILES string of the molecule is COc1ccc(NC2CCCNC2=O)c(N)c1. The Balaban J connectivity index is 2.10. The molecule has 4 N–H and O–H groups in total. The lowest BCUT2D eigenvalue weighted by atomic mass is 10.1. The maximum absolute atomic E-state index is 11.6. The summed E-state index contributed by atoms with van der Waals surface area (Å²) in [6.45, 7) is 0.759. The largest absolute Gasteiger partial charge is 0.497 e. The zero-order chi connectivity index (χ0) is 12.3. The molecule has 0 spiro atoms. The quantitative estimate of drug-likeness (QED) is 0.682. The van der Waals surface area contributed by atoms with Gasteiger partial charge in [0.2, 0.25) is 5.91 Å². The van der Waals surface area contributed by atoms with Crippen molar-refractivity contribution < 1.29 is 9.53 Å². The summed E-state index contributed by atoms with van der Waals surface area (Å²) in [5.74, 6) is 0.743. The van der Waals surface area contributed by atoms with Crippen LogP contribution < -0.4 is 21.1 Å². The number of hydrogen-bond acceptors (Lipinski definition) is 4. The third-order valence-corrected chi connectivity index (χ3v) is 2.87. The van der Waals surface area contributed by atoms with Crippen LogP contribution in [0.5, 0.6) is 5.75 Å². The first kappa shape index (κ1) is 11.6. The molecule has 1 amide bonds. The fourth-order valence-corrected chi connectivity index (χ4v) is 1.90. The van der Waals surface area contributed by atoms with Gasteiger partial charge >= 0.3 is 0 Å². The van der Waals surface area contributed by atoms with Gasteiger partial charge in [0.25, 0.3) is 0 Å². The number of nitrogens with one attached hydrogen (secondary N) is 2. The molecule has 1 unspecified atom stereocenters. The van der Waals surface area contributed by atoms with Crippen molar-refractivity contribution in [2.24, 2.45) is 0 Å². The second-order valence-corrected chi connectivity index (χ2v) is 4.08. The van der Waals surface area contributed by atoms with Crippen molar-refractivity contribution in [3.8, 4) is 5.75 Å². The minimum atomic E-state index is -0.195.